The first-order chi connectivity index (χ1) is 17.6. The summed E-state index contributed by atoms with van der Waals surface area (Å²) < 4.78 is 5.84. The van der Waals surface area contributed by atoms with Gasteiger partial charge in [0.2, 0.25) is 5.78 Å². The maximum Gasteiger partial charge on any atom is 0.275 e. The van der Waals surface area contributed by atoms with Gasteiger partial charge in [0.25, 0.3) is 11.8 Å². The summed E-state index contributed by atoms with van der Waals surface area (Å²) in [6.07, 6.45) is 5.17. The second-order valence-electron chi connectivity index (χ2n) is 8.17. The molecule has 2 N–H and O–H groups in total. The molecule has 3 heterocycles. The van der Waals surface area contributed by atoms with Crippen LogP contribution in [0.2, 0.25) is 0 Å². The lowest BCUT2D eigenvalue weighted by atomic mass is 10.1. The molecule has 9 nitrogen and oxygen atoms in total. The van der Waals surface area contributed by atoms with Crippen molar-refractivity contribution in [3.05, 3.63) is 108 Å². The van der Waals surface area contributed by atoms with E-state index in [9.17, 15) is 9.59 Å². The molecule has 0 bridgehead atoms. The number of para-hydroxylation sites is 2. The molecular weight excluding hydrogens is 456 g/mol. The number of fused-ring (bicyclic) bond motifs is 1. The zero-order valence-corrected chi connectivity index (χ0v) is 19.4. The highest BCUT2D eigenvalue weighted by Crippen LogP contribution is 2.23. The number of benzene rings is 2. The second-order valence-corrected chi connectivity index (χ2v) is 8.17. The number of ketones is 1. The number of H-pyrrole nitrogens is 1. The normalized spacial score (nSPS) is 11.7. The topological polar surface area (TPSA) is 123 Å². The van der Waals surface area contributed by atoms with E-state index in [1.54, 1.807) is 30.5 Å². The van der Waals surface area contributed by atoms with E-state index >= 15 is 0 Å². The largest absolute Gasteiger partial charge is 0.437 e. The number of nitrogens with zero attached hydrogens (tertiary/aromatic N) is 4. The monoisotopic (exact) mass is 478 g/mol. The summed E-state index contributed by atoms with van der Waals surface area (Å²) >= 11 is 0. The molecule has 0 saturated heterocycles. The Bertz CT molecular complexity index is 1480. The van der Waals surface area contributed by atoms with Crippen molar-refractivity contribution in [1.82, 2.24) is 30.2 Å². The molecule has 0 saturated carbocycles. The van der Waals surface area contributed by atoms with Crippen LogP contribution in [0.15, 0.2) is 85.3 Å². The number of carbonyl (C=O) groups is 2. The highest BCUT2D eigenvalue weighted by Gasteiger charge is 2.19. The van der Waals surface area contributed by atoms with Crippen LogP contribution in [0.4, 0.5) is 0 Å². The molecule has 36 heavy (non-hydrogen) atoms. The molecule has 178 valence electrons. The number of carbonyl (C=O) groups excluding carboxylic acids is 2. The molecule has 1 atom stereocenters. The predicted octanol–water partition coefficient (Wildman–Crippen LogP) is 4.13. The zero-order valence-electron chi connectivity index (χ0n) is 19.4. The lowest BCUT2D eigenvalue weighted by molar-refractivity contribution is 0.0931. The Labute approximate surface area is 206 Å². The molecule has 0 fully saturated rings. The molecule has 3 aromatic heterocycles. The van der Waals surface area contributed by atoms with Crippen molar-refractivity contribution in [2.45, 2.75) is 19.4 Å². The number of hydrogen-bond donors (Lipinski definition) is 2. The summed E-state index contributed by atoms with van der Waals surface area (Å²) in [6, 6.07) is 19.5. The van der Waals surface area contributed by atoms with Crippen LogP contribution < -0.4 is 10.1 Å². The van der Waals surface area contributed by atoms with Crippen LogP contribution in [0.1, 0.15) is 39.3 Å². The fraction of sp³-hybridized carbons (Fsp3) is 0.111. The van der Waals surface area contributed by atoms with E-state index in [0.717, 1.165) is 16.7 Å². The summed E-state index contributed by atoms with van der Waals surface area (Å²) in [7, 11) is 0. The third-order valence-electron chi connectivity index (χ3n) is 5.43. The summed E-state index contributed by atoms with van der Waals surface area (Å²) in [4.78, 5) is 45.7. The van der Waals surface area contributed by atoms with E-state index in [-0.39, 0.29) is 29.2 Å². The Morgan fingerprint density at radius 2 is 1.69 bits per heavy atom. The van der Waals surface area contributed by atoms with Gasteiger partial charge in [-0.05, 0) is 55.5 Å². The van der Waals surface area contributed by atoms with Crippen LogP contribution in [-0.2, 0) is 6.42 Å². The Balaban J connectivity index is 1.27. The lowest BCUT2D eigenvalue weighted by Gasteiger charge is -2.14. The van der Waals surface area contributed by atoms with Gasteiger partial charge >= 0.3 is 0 Å². The molecule has 0 aliphatic heterocycles. The summed E-state index contributed by atoms with van der Waals surface area (Å²) in [6.45, 7) is 1.89. The van der Waals surface area contributed by atoms with Crippen molar-refractivity contribution in [2.24, 2.45) is 0 Å². The molecular formula is C27H22N6O3. The minimum atomic E-state index is -0.404. The van der Waals surface area contributed by atoms with Gasteiger partial charge in [-0.25, -0.2) is 15.0 Å². The van der Waals surface area contributed by atoms with Crippen LogP contribution in [0.5, 0.6) is 11.6 Å². The van der Waals surface area contributed by atoms with Crippen LogP contribution in [0.3, 0.4) is 0 Å². The molecule has 0 unspecified atom stereocenters. The van der Waals surface area contributed by atoms with E-state index in [1.807, 2.05) is 49.4 Å². The standard InChI is InChI=1S/C27H22N6O3/c1-17(16-19-6-4-5-13-28-19)31-26(35)23-27(30-15-14-29-23)36-20-11-9-18(10-12-20)24(34)25-32-21-7-2-3-8-22(21)33-25/h2-15,17H,16H2,1H3,(H,31,35)(H,32,33)/t17-/m0/s1. The van der Waals surface area contributed by atoms with E-state index in [1.165, 1.54) is 12.4 Å². The van der Waals surface area contributed by atoms with Gasteiger partial charge in [0, 0.05) is 42.3 Å². The number of pyridine rings is 1. The van der Waals surface area contributed by atoms with Gasteiger partial charge in [-0.15, -0.1) is 0 Å². The van der Waals surface area contributed by atoms with Gasteiger partial charge in [0.15, 0.2) is 11.5 Å². The highest BCUT2D eigenvalue weighted by atomic mass is 16.5. The van der Waals surface area contributed by atoms with Crippen molar-refractivity contribution in [3.63, 3.8) is 0 Å². The number of aromatic amines is 1. The summed E-state index contributed by atoms with van der Waals surface area (Å²) in [5.74, 6) is 0.0960. The van der Waals surface area contributed by atoms with Crippen LogP contribution >= 0.6 is 0 Å². The van der Waals surface area contributed by atoms with Gasteiger partial charge in [-0.2, -0.15) is 0 Å². The number of nitrogens with one attached hydrogen (secondary N) is 2. The van der Waals surface area contributed by atoms with Crippen molar-refractivity contribution in [2.75, 3.05) is 0 Å². The smallest absolute Gasteiger partial charge is 0.275 e. The Morgan fingerprint density at radius 1 is 0.917 bits per heavy atom. The van der Waals surface area contributed by atoms with Crippen LogP contribution in [0, 0.1) is 0 Å². The van der Waals surface area contributed by atoms with Crippen molar-refractivity contribution in [1.29, 1.82) is 0 Å². The minimum Gasteiger partial charge on any atom is -0.437 e. The maximum atomic E-state index is 12.9. The Hall–Kier alpha value is -4.92. The average Bonchev–Trinajstić information content (AvgIpc) is 3.34. The van der Waals surface area contributed by atoms with E-state index in [0.29, 0.717) is 17.7 Å². The predicted molar refractivity (Wildman–Crippen MR) is 133 cm³/mol. The molecule has 5 rings (SSSR count). The number of rotatable bonds is 8. The first kappa shape index (κ1) is 22.9. The fourth-order valence-corrected chi connectivity index (χ4v) is 3.71. The number of hydrogen-bond acceptors (Lipinski definition) is 7. The van der Waals surface area contributed by atoms with Crippen molar-refractivity contribution in [3.8, 4) is 11.6 Å². The highest BCUT2D eigenvalue weighted by molar-refractivity contribution is 6.08. The maximum absolute atomic E-state index is 12.9. The first-order valence-electron chi connectivity index (χ1n) is 11.4. The van der Waals surface area contributed by atoms with Gasteiger partial charge in [0.05, 0.1) is 11.0 Å². The second kappa shape index (κ2) is 10.1. The molecule has 9 heteroatoms. The lowest BCUT2D eigenvalue weighted by Crippen LogP contribution is -2.35. The number of amides is 1. The molecule has 2 aromatic carbocycles. The SMILES string of the molecule is C[C@@H](Cc1ccccn1)NC(=O)c1nccnc1Oc1ccc(C(=O)c2nc3ccccc3[nH]2)cc1. The van der Waals surface area contributed by atoms with Crippen LogP contribution in [-0.4, -0.2) is 42.7 Å². The van der Waals surface area contributed by atoms with Gasteiger partial charge in [-0.3, -0.25) is 14.6 Å². The minimum absolute atomic E-state index is 0.0628. The van der Waals surface area contributed by atoms with Gasteiger partial charge in [0.1, 0.15) is 5.75 Å². The average molecular weight is 479 g/mol. The van der Waals surface area contributed by atoms with Crippen LogP contribution in [0.25, 0.3) is 11.0 Å². The van der Waals surface area contributed by atoms with Crippen molar-refractivity contribution >= 4 is 22.7 Å². The molecule has 0 radical (unpaired) electrons. The molecule has 1 amide bonds. The van der Waals surface area contributed by atoms with E-state index in [4.69, 9.17) is 4.74 Å². The number of aromatic nitrogens is 5. The van der Waals surface area contributed by atoms with Crippen molar-refractivity contribution < 1.29 is 14.3 Å². The van der Waals surface area contributed by atoms with E-state index in [2.05, 4.69) is 30.2 Å². The van der Waals surface area contributed by atoms with E-state index < -0.39 is 5.91 Å². The third-order valence-corrected chi connectivity index (χ3v) is 5.43. The number of imidazole rings is 1. The molecule has 0 spiro atoms. The Morgan fingerprint density at radius 3 is 2.47 bits per heavy atom. The zero-order chi connectivity index (χ0) is 24.9. The van der Waals surface area contributed by atoms with Gasteiger partial charge < -0.3 is 15.0 Å². The molecule has 5 aromatic rings. The van der Waals surface area contributed by atoms with Gasteiger partial charge in [-0.1, -0.05) is 18.2 Å². The number of ether oxygens (including phenoxy) is 1. The molecule has 0 aliphatic carbocycles. The molecule has 0 aliphatic rings. The quantitative estimate of drug-likeness (QED) is 0.322. The fourth-order valence-electron chi connectivity index (χ4n) is 3.71. The summed E-state index contributed by atoms with van der Waals surface area (Å²) in [5.41, 5.74) is 2.90. The third kappa shape index (κ3) is 5.10. The summed E-state index contributed by atoms with van der Waals surface area (Å²) in [5, 5.41) is 2.91. The Kier molecular flexibility index (Phi) is 6.44. The first-order valence-corrected chi connectivity index (χ1v) is 11.4.